The highest BCUT2D eigenvalue weighted by Gasteiger charge is 2.40. The van der Waals surface area contributed by atoms with Gasteiger partial charge in [-0.3, -0.25) is 9.59 Å². The van der Waals surface area contributed by atoms with E-state index in [9.17, 15) is 22.8 Å². The van der Waals surface area contributed by atoms with Gasteiger partial charge in [0, 0.05) is 5.69 Å². The number of nitrogens with one attached hydrogen (secondary N) is 1. The highest BCUT2D eigenvalue weighted by atomic mass is 19.4. The molecule has 4 nitrogen and oxygen atoms in total. The largest absolute Gasteiger partial charge is 0.416 e. The van der Waals surface area contributed by atoms with Crippen molar-refractivity contribution in [3.8, 4) is 0 Å². The van der Waals surface area contributed by atoms with Crippen molar-refractivity contribution < 1.29 is 22.8 Å². The van der Waals surface area contributed by atoms with Gasteiger partial charge in [0.05, 0.1) is 16.8 Å². The van der Waals surface area contributed by atoms with Crippen molar-refractivity contribution in [3.63, 3.8) is 0 Å². The molecule has 1 aliphatic rings. The molecular weight excluding hydrogens is 417 g/mol. The van der Waals surface area contributed by atoms with Crippen LogP contribution in [0.2, 0.25) is 0 Å². The smallest absolute Gasteiger partial charge is 0.350 e. The first-order valence-corrected chi connectivity index (χ1v) is 9.87. The zero-order chi connectivity index (χ0) is 23.0. The van der Waals surface area contributed by atoms with E-state index in [1.54, 1.807) is 42.5 Å². The summed E-state index contributed by atoms with van der Waals surface area (Å²) in [6.07, 6.45) is -4.53. The summed E-state index contributed by atoms with van der Waals surface area (Å²) in [5, 5.41) is 2.78. The topological polar surface area (TPSA) is 49.4 Å². The Morgan fingerprint density at radius 3 is 2.16 bits per heavy atom. The predicted molar refractivity (Wildman–Crippen MR) is 117 cm³/mol. The van der Waals surface area contributed by atoms with Gasteiger partial charge in [-0.2, -0.15) is 13.2 Å². The standard InChI is InChI=1S/C25H19F3N2O2/c1-15-11-12-17(13-16(15)2)21-22(29-19-8-6-7-18(14-19)25(26,27)28)24(32)30(23(21)31)20-9-4-3-5-10-20/h3-14,29H,1-2H3. The molecular formula is C25H19F3N2O2. The van der Waals surface area contributed by atoms with E-state index < -0.39 is 23.6 Å². The van der Waals surface area contributed by atoms with Crippen LogP contribution in [0.1, 0.15) is 22.3 Å². The minimum Gasteiger partial charge on any atom is -0.350 e. The van der Waals surface area contributed by atoms with Crippen LogP contribution in [0, 0.1) is 13.8 Å². The van der Waals surface area contributed by atoms with Gasteiger partial charge < -0.3 is 5.32 Å². The fourth-order valence-electron chi connectivity index (χ4n) is 3.54. The average molecular weight is 436 g/mol. The number of carbonyl (C=O) groups excluding carboxylic acids is 2. The summed E-state index contributed by atoms with van der Waals surface area (Å²) in [6, 6.07) is 18.3. The molecule has 0 atom stereocenters. The number of rotatable bonds is 4. The second kappa shape index (κ2) is 8.00. The number of alkyl halides is 3. The molecule has 162 valence electrons. The first-order valence-electron chi connectivity index (χ1n) is 9.87. The molecule has 7 heteroatoms. The van der Waals surface area contributed by atoms with Gasteiger partial charge in [0.1, 0.15) is 5.70 Å². The molecule has 32 heavy (non-hydrogen) atoms. The van der Waals surface area contributed by atoms with Crippen LogP contribution in [0.5, 0.6) is 0 Å². The van der Waals surface area contributed by atoms with Crippen LogP contribution in [0.3, 0.4) is 0 Å². The summed E-state index contributed by atoms with van der Waals surface area (Å²) in [5.41, 5.74) is 2.08. The number of imide groups is 1. The van der Waals surface area contributed by atoms with E-state index in [2.05, 4.69) is 5.32 Å². The van der Waals surface area contributed by atoms with Crippen molar-refractivity contribution in [1.82, 2.24) is 0 Å². The SMILES string of the molecule is Cc1ccc(C2=C(Nc3cccc(C(F)(F)F)c3)C(=O)N(c3ccccc3)C2=O)cc1C. The van der Waals surface area contributed by atoms with E-state index in [1.165, 1.54) is 12.1 Å². The lowest BCUT2D eigenvalue weighted by molar-refractivity contribution is -0.137. The van der Waals surface area contributed by atoms with Gasteiger partial charge in [-0.15, -0.1) is 0 Å². The molecule has 0 aliphatic carbocycles. The van der Waals surface area contributed by atoms with Crippen molar-refractivity contribution in [3.05, 3.63) is 101 Å². The van der Waals surface area contributed by atoms with E-state index in [1.807, 2.05) is 19.9 Å². The van der Waals surface area contributed by atoms with Gasteiger partial charge in [-0.25, -0.2) is 4.90 Å². The molecule has 4 rings (SSSR count). The van der Waals surface area contributed by atoms with Crippen LogP contribution in [0.15, 0.2) is 78.5 Å². The Hall–Kier alpha value is -3.87. The molecule has 3 aromatic carbocycles. The number of benzene rings is 3. The van der Waals surface area contributed by atoms with E-state index in [0.29, 0.717) is 11.3 Å². The summed E-state index contributed by atoms with van der Waals surface area (Å²) in [4.78, 5) is 27.7. The van der Waals surface area contributed by atoms with Crippen LogP contribution < -0.4 is 10.2 Å². The maximum Gasteiger partial charge on any atom is 0.416 e. The summed E-state index contributed by atoms with van der Waals surface area (Å²) in [6.45, 7) is 3.81. The van der Waals surface area contributed by atoms with Crippen LogP contribution in [-0.2, 0) is 15.8 Å². The lowest BCUT2D eigenvalue weighted by Gasteiger charge is -2.15. The quantitative estimate of drug-likeness (QED) is 0.533. The number of amides is 2. The molecule has 1 aliphatic heterocycles. The number of aryl methyl sites for hydroxylation is 2. The summed E-state index contributed by atoms with van der Waals surface area (Å²) in [7, 11) is 0. The van der Waals surface area contributed by atoms with E-state index in [0.717, 1.165) is 28.2 Å². The van der Waals surface area contributed by atoms with E-state index >= 15 is 0 Å². The molecule has 0 radical (unpaired) electrons. The number of halogens is 3. The molecule has 0 unspecified atom stereocenters. The van der Waals surface area contributed by atoms with E-state index in [-0.39, 0.29) is 17.0 Å². The summed E-state index contributed by atoms with van der Waals surface area (Å²) >= 11 is 0. The van der Waals surface area contributed by atoms with Gasteiger partial charge in [0.15, 0.2) is 0 Å². The summed E-state index contributed by atoms with van der Waals surface area (Å²) < 4.78 is 39.5. The molecule has 1 N–H and O–H groups in total. The Morgan fingerprint density at radius 2 is 1.50 bits per heavy atom. The fourth-order valence-corrected chi connectivity index (χ4v) is 3.54. The third-order valence-electron chi connectivity index (χ3n) is 5.35. The number of anilines is 2. The lowest BCUT2D eigenvalue weighted by Crippen LogP contribution is -2.32. The number of carbonyl (C=O) groups is 2. The van der Waals surface area contributed by atoms with Crippen LogP contribution in [-0.4, -0.2) is 11.8 Å². The molecule has 0 spiro atoms. The zero-order valence-electron chi connectivity index (χ0n) is 17.3. The fraction of sp³-hybridized carbons (Fsp3) is 0.120. The number of hydrogen-bond acceptors (Lipinski definition) is 3. The minimum absolute atomic E-state index is 0.0622. The first-order chi connectivity index (χ1) is 15.2. The monoisotopic (exact) mass is 436 g/mol. The third-order valence-corrected chi connectivity index (χ3v) is 5.35. The van der Waals surface area contributed by atoms with Crippen molar-refractivity contribution in [2.45, 2.75) is 20.0 Å². The zero-order valence-corrected chi connectivity index (χ0v) is 17.3. The van der Waals surface area contributed by atoms with Crippen LogP contribution in [0.25, 0.3) is 5.57 Å². The number of nitrogens with zero attached hydrogens (tertiary/aromatic N) is 1. The Kier molecular flexibility index (Phi) is 5.34. The van der Waals surface area contributed by atoms with Crippen molar-refractivity contribution in [1.29, 1.82) is 0 Å². The van der Waals surface area contributed by atoms with Gasteiger partial charge >= 0.3 is 6.18 Å². The Morgan fingerprint density at radius 1 is 0.781 bits per heavy atom. The molecule has 2 amide bonds. The Bertz CT molecular complexity index is 1250. The average Bonchev–Trinajstić information content (AvgIpc) is 3.00. The van der Waals surface area contributed by atoms with Crippen LogP contribution >= 0.6 is 0 Å². The Labute approximate surface area is 183 Å². The van der Waals surface area contributed by atoms with Gasteiger partial charge in [0.25, 0.3) is 11.8 Å². The van der Waals surface area contributed by atoms with Gasteiger partial charge in [-0.05, 0) is 60.9 Å². The lowest BCUT2D eigenvalue weighted by atomic mass is 9.99. The summed E-state index contributed by atoms with van der Waals surface area (Å²) in [5.74, 6) is -1.18. The van der Waals surface area contributed by atoms with Crippen molar-refractivity contribution in [2.75, 3.05) is 10.2 Å². The molecule has 0 saturated heterocycles. The first kappa shape index (κ1) is 21.4. The molecule has 3 aromatic rings. The van der Waals surface area contributed by atoms with Crippen LogP contribution in [0.4, 0.5) is 24.5 Å². The second-order valence-electron chi connectivity index (χ2n) is 7.53. The molecule has 0 aromatic heterocycles. The normalized spacial score (nSPS) is 14.3. The van der Waals surface area contributed by atoms with E-state index in [4.69, 9.17) is 0 Å². The predicted octanol–water partition coefficient (Wildman–Crippen LogP) is 5.72. The maximum absolute atomic E-state index is 13.4. The van der Waals surface area contributed by atoms with Gasteiger partial charge in [0.2, 0.25) is 0 Å². The van der Waals surface area contributed by atoms with Crippen molar-refractivity contribution in [2.24, 2.45) is 0 Å². The highest BCUT2D eigenvalue weighted by Crippen LogP contribution is 2.36. The minimum atomic E-state index is -4.53. The molecule has 1 heterocycles. The Balaban J connectivity index is 1.84. The number of para-hydroxylation sites is 1. The molecule has 0 saturated carbocycles. The molecule has 0 bridgehead atoms. The second-order valence-corrected chi connectivity index (χ2v) is 7.53. The highest BCUT2D eigenvalue weighted by molar-refractivity contribution is 6.46. The molecule has 0 fully saturated rings. The van der Waals surface area contributed by atoms with Crippen molar-refractivity contribution >= 4 is 28.8 Å². The number of hydrogen-bond donors (Lipinski definition) is 1. The third kappa shape index (κ3) is 3.89. The van der Waals surface area contributed by atoms with Gasteiger partial charge in [-0.1, -0.05) is 42.5 Å². The maximum atomic E-state index is 13.4.